The molecule has 0 aromatic heterocycles. The molecule has 0 saturated carbocycles. The second-order valence-corrected chi connectivity index (χ2v) is 6.80. The van der Waals surface area contributed by atoms with Crippen LogP contribution in [0.2, 0.25) is 0 Å². The minimum Gasteiger partial charge on any atom is -0.462 e. The monoisotopic (exact) mass is 397 g/mol. The molecule has 2 amide bonds. The molecule has 0 bridgehead atoms. The zero-order chi connectivity index (χ0) is 21.4. The summed E-state index contributed by atoms with van der Waals surface area (Å²) < 4.78 is 5.01. The largest absolute Gasteiger partial charge is 0.462 e. The van der Waals surface area contributed by atoms with E-state index in [-0.39, 0.29) is 37.1 Å². The Morgan fingerprint density at radius 1 is 0.897 bits per heavy atom. The van der Waals surface area contributed by atoms with Crippen molar-refractivity contribution in [2.45, 2.75) is 20.8 Å². The number of amides is 2. The Labute approximate surface area is 171 Å². The molecule has 0 heterocycles. The molecule has 0 saturated heterocycles. The maximum Gasteiger partial charge on any atom is 0.340 e. The fraction of sp³-hybridized carbons (Fsp3) is 0.318. The van der Waals surface area contributed by atoms with Crippen molar-refractivity contribution in [3.63, 3.8) is 0 Å². The first-order chi connectivity index (χ1) is 13.8. The van der Waals surface area contributed by atoms with Gasteiger partial charge in [-0.2, -0.15) is 0 Å². The number of para-hydroxylation sites is 2. The Kier molecular flexibility index (Phi) is 7.91. The quantitative estimate of drug-likeness (QED) is 0.669. The van der Waals surface area contributed by atoms with Gasteiger partial charge in [-0.3, -0.25) is 14.5 Å². The molecule has 0 radical (unpaired) electrons. The Balaban J connectivity index is 1.93. The van der Waals surface area contributed by atoms with E-state index in [4.69, 9.17) is 4.74 Å². The van der Waals surface area contributed by atoms with Gasteiger partial charge in [0.1, 0.15) is 0 Å². The fourth-order valence-corrected chi connectivity index (χ4v) is 2.91. The molecule has 154 valence electrons. The third-order valence-electron chi connectivity index (χ3n) is 4.27. The molecular formula is C22H27N3O4. The van der Waals surface area contributed by atoms with Crippen LogP contribution in [0.25, 0.3) is 0 Å². The Hall–Kier alpha value is -3.19. The molecule has 0 atom stereocenters. The van der Waals surface area contributed by atoms with Crippen LogP contribution in [-0.4, -0.2) is 49.4 Å². The normalized spacial score (nSPS) is 10.5. The van der Waals surface area contributed by atoms with Gasteiger partial charge in [-0.25, -0.2) is 4.79 Å². The zero-order valence-corrected chi connectivity index (χ0v) is 17.2. The molecule has 7 heteroatoms. The standard InChI is InChI=1S/C22H27N3O4/c1-5-29-22(28)17-11-6-7-12-18(17)23-19(26)13-25(4)14-20(27)24-21-15(2)9-8-10-16(21)3/h6-12H,5,13-14H2,1-4H3,(H,23,26)(H,24,27). The number of rotatable bonds is 8. The molecule has 7 nitrogen and oxygen atoms in total. The van der Waals surface area contributed by atoms with E-state index in [0.29, 0.717) is 5.69 Å². The number of likely N-dealkylation sites (N-methyl/N-ethyl adjacent to an activating group) is 1. The molecule has 0 aliphatic rings. The van der Waals surface area contributed by atoms with Crippen LogP contribution in [0.4, 0.5) is 11.4 Å². The number of nitrogens with one attached hydrogen (secondary N) is 2. The van der Waals surface area contributed by atoms with Crippen LogP contribution in [0.3, 0.4) is 0 Å². The van der Waals surface area contributed by atoms with E-state index in [9.17, 15) is 14.4 Å². The number of carbonyl (C=O) groups is 3. The lowest BCUT2D eigenvalue weighted by Crippen LogP contribution is -2.36. The molecule has 0 aliphatic heterocycles. The molecule has 2 rings (SSSR count). The Morgan fingerprint density at radius 3 is 2.10 bits per heavy atom. The van der Waals surface area contributed by atoms with Crippen molar-refractivity contribution in [3.05, 3.63) is 59.2 Å². The van der Waals surface area contributed by atoms with E-state index in [1.165, 1.54) is 0 Å². The molecule has 0 aliphatic carbocycles. The van der Waals surface area contributed by atoms with Crippen molar-refractivity contribution in [1.29, 1.82) is 0 Å². The van der Waals surface area contributed by atoms with E-state index in [0.717, 1.165) is 16.8 Å². The Bertz CT molecular complexity index is 875. The van der Waals surface area contributed by atoms with E-state index in [2.05, 4.69) is 10.6 Å². The highest BCUT2D eigenvalue weighted by Gasteiger charge is 2.16. The molecule has 0 unspecified atom stereocenters. The third-order valence-corrected chi connectivity index (χ3v) is 4.27. The molecule has 2 aromatic rings. The summed E-state index contributed by atoms with van der Waals surface area (Å²) in [4.78, 5) is 38.3. The van der Waals surface area contributed by atoms with Crippen molar-refractivity contribution >= 4 is 29.2 Å². The maximum absolute atomic E-state index is 12.4. The van der Waals surface area contributed by atoms with Crippen LogP contribution in [0.15, 0.2) is 42.5 Å². The minimum atomic E-state index is -0.496. The molecule has 2 N–H and O–H groups in total. The lowest BCUT2D eigenvalue weighted by molar-refractivity contribution is -0.119. The molecule has 0 spiro atoms. The summed E-state index contributed by atoms with van der Waals surface area (Å²) in [5.41, 5.74) is 3.42. The second-order valence-electron chi connectivity index (χ2n) is 6.80. The highest BCUT2D eigenvalue weighted by molar-refractivity contribution is 6.02. The fourth-order valence-electron chi connectivity index (χ4n) is 2.91. The minimum absolute atomic E-state index is 0.00265. The van der Waals surface area contributed by atoms with Gasteiger partial charge in [-0.1, -0.05) is 30.3 Å². The van der Waals surface area contributed by atoms with Crippen molar-refractivity contribution in [2.75, 3.05) is 37.4 Å². The number of hydrogen-bond acceptors (Lipinski definition) is 5. The molecule has 0 fully saturated rings. The average molecular weight is 397 g/mol. The third kappa shape index (κ3) is 6.43. The number of hydrogen-bond donors (Lipinski definition) is 2. The first kappa shape index (κ1) is 22.1. The van der Waals surface area contributed by atoms with Gasteiger partial charge in [0.15, 0.2) is 0 Å². The van der Waals surface area contributed by atoms with E-state index in [1.807, 2.05) is 32.0 Å². The summed E-state index contributed by atoms with van der Waals surface area (Å²) in [6.07, 6.45) is 0. The first-order valence-corrected chi connectivity index (χ1v) is 9.42. The summed E-state index contributed by atoms with van der Waals surface area (Å²) in [5.74, 6) is -1.03. The maximum atomic E-state index is 12.4. The zero-order valence-electron chi connectivity index (χ0n) is 17.2. The summed E-state index contributed by atoms with van der Waals surface area (Å²) in [5, 5.41) is 5.61. The summed E-state index contributed by atoms with van der Waals surface area (Å²) in [6, 6.07) is 12.4. The second kappa shape index (κ2) is 10.4. The van der Waals surface area contributed by atoms with Crippen LogP contribution in [0.1, 0.15) is 28.4 Å². The van der Waals surface area contributed by atoms with Gasteiger partial charge in [0.05, 0.1) is 30.9 Å². The van der Waals surface area contributed by atoms with Crippen LogP contribution >= 0.6 is 0 Å². The van der Waals surface area contributed by atoms with Gasteiger partial charge >= 0.3 is 5.97 Å². The van der Waals surface area contributed by atoms with Crippen molar-refractivity contribution < 1.29 is 19.1 Å². The summed E-state index contributed by atoms with van der Waals surface area (Å²) in [7, 11) is 1.68. The predicted octanol–water partition coefficient (Wildman–Crippen LogP) is 2.99. The van der Waals surface area contributed by atoms with Gasteiger partial charge in [0, 0.05) is 5.69 Å². The van der Waals surface area contributed by atoms with E-state index in [1.54, 1.807) is 43.1 Å². The first-order valence-electron chi connectivity index (χ1n) is 9.42. The van der Waals surface area contributed by atoms with Crippen molar-refractivity contribution in [1.82, 2.24) is 4.90 Å². The molecule has 2 aromatic carbocycles. The van der Waals surface area contributed by atoms with Gasteiger partial charge in [-0.05, 0) is 51.1 Å². The highest BCUT2D eigenvalue weighted by Crippen LogP contribution is 2.19. The van der Waals surface area contributed by atoms with Crippen LogP contribution in [-0.2, 0) is 14.3 Å². The average Bonchev–Trinajstić information content (AvgIpc) is 2.65. The number of esters is 1. The van der Waals surface area contributed by atoms with Crippen LogP contribution in [0.5, 0.6) is 0 Å². The number of benzene rings is 2. The topological polar surface area (TPSA) is 87.7 Å². The Morgan fingerprint density at radius 2 is 1.48 bits per heavy atom. The SMILES string of the molecule is CCOC(=O)c1ccccc1NC(=O)CN(C)CC(=O)Nc1c(C)cccc1C. The van der Waals surface area contributed by atoms with E-state index < -0.39 is 5.97 Å². The van der Waals surface area contributed by atoms with Gasteiger partial charge in [-0.15, -0.1) is 0 Å². The smallest absolute Gasteiger partial charge is 0.340 e. The van der Waals surface area contributed by atoms with Crippen LogP contribution in [0, 0.1) is 13.8 Å². The number of nitrogens with zero attached hydrogens (tertiary/aromatic N) is 1. The number of aryl methyl sites for hydroxylation is 2. The number of ether oxygens (including phenoxy) is 1. The highest BCUT2D eigenvalue weighted by atomic mass is 16.5. The van der Waals surface area contributed by atoms with Gasteiger partial charge in [0.25, 0.3) is 0 Å². The van der Waals surface area contributed by atoms with Crippen molar-refractivity contribution in [3.8, 4) is 0 Å². The number of carbonyl (C=O) groups excluding carboxylic acids is 3. The summed E-state index contributed by atoms with van der Waals surface area (Å²) in [6.45, 7) is 5.89. The number of anilines is 2. The van der Waals surface area contributed by atoms with Gasteiger partial charge < -0.3 is 15.4 Å². The lowest BCUT2D eigenvalue weighted by atomic mass is 10.1. The summed E-state index contributed by atoms with van der Waals surface area (Å²) >= 11 is 0. The predicted molar refractivity (Wildman–Crippen MR) is 113 cm³/mol. The van der Waals surface area contributed by atoms with Crippen molar-refractivity contribution in [2.24, 2.45) is 0 Å². The lowest BCUT2D eigenvalue weighted by Gasteiger charge is -2.18. The van der Waals surface area contributed by atoms with E-state index >= 15 is 0 Å². The van der Waals surface area contributed by atoms with Crippen LogP contribution < -0.4 is 10.6 Å². The van der Waals surface area contributed by atoms with Gasteiger partial charge in [0.2, 0.25) is 11.8 Å². The molecular weight excluding hydrogens is 370 g/mol. The molecule has 29 heavy (non-hydrogen) atoms.